The van der Waals surface area contributed by atoms with Gasteiger partial charge in [0.15, 0.2) is 10.6 Å². The highest BCUT2D eigenvalue weighted by molar-refractivity contribution is 7.71. The van der Waals surface area contributed by atoms with Gasteiger partial charge in [-0.25, -0.2) is 9.07 Å². The second-order valence-corrected chi connectivity index (χ2v) is 7.73. The molecule has 3 aromatic rings. The Morgan fingerprint density at radius 3 is 2.70 bits per heavy atom. The molecule has 0 spiro atoms. The predicted octanol–water partition coefficient (Wildman–Crippen LogP) is 4.57. The summed E-state index contributed by atoms with van der Waals surface area (Å²) in [5, 5.41) is 4.65. The van der Waals surface area contributed by atoms with Crippen LogP contribution in [0.25, 0.3) is 11.4 Å². The number of aromatic nitrogens is 3. The maximum atomic E-state index is 14.3. The highest BCUT2D eigenvalue weighted by Crippen LogP contribution is 2.39. The SMILES string of the molecule is COc1ccc(OC)c([C@H]2CCCN2Cn2nc(-c3ccccc3F)n(C)c2=S)c1. The second kappa shape index (κ2) is 8.57. The number of halogens is 1. The van der Waals surface area contributed by atoms with Crippen molar-refractivity contribution < 1.29 is 13.9 Å². The number of rotatable bonds is 6. The Kier molecular flexibility index (Phi) is 5.87. The van der Waals surface area contributed by atoms with Gasteiger partial charge in [-0.05, 0) is 55.4 Å². The van der Waals surface area contributed by atoms with Gasteiger partial charge in [0, 0.05) is 25.2 Å². The summed E-state index contributed by atoms with van der Waals surface area (Å²) in [6, 6.07) is 12.7. The summed E-state index contributed by atoms with van der Waals surface area (Å²) in [6.45, 7) is 1.44. The van der Waals surface area contributed by atoms with Crippen LogP contribution in [0.4, 0.5) is 4.39 Å². The third kappa shape index (κ3) is 3.73. The molecule has 0 amide bonds. The number of hydrogen-bond acceptors (Lipinski definition) is 5. The predicted molar refractivity (Wildman–Crippen MR) is 116 cm³/mol. The van der Waals surface area contributed by atoms with E-state index < -0.39 is 0 Å². The second-order valence-electron chi connectivity index (χ2n) is 7.36. The first-order valence-corrected chi connectivity index (χ1v) is 10.3. The monoisotopic (exact) mass is 428 g/mol. The van der Waals surface area contributed by atoms with E-state index in [2.05, 4.69) is 10.00 Å². The van der Waals surface area contributed by atoms with Gasteiger partial charge in [0.05, 0.1) is 26.5 Å². The lowest BCUT2D eigenvalue weighted by Crippen LogP contribution is -2.27. The van der Waals surface area contributed by atoms with Crippen LogP contribution in [-0.2, 0) is 13.7 Å². The molecule has 6 nitrogen and oxygen atoms in total. The van der Waals surface area contributed by atoms with Crippen LogP contribution in [0, 0.1) is 10.6 Å². The van der Waals surface area contributed by atoms with E-state index in [0.717, 1.165) is 36.4 Å². The van der Waals surface area contributed by atoms with Crippen molar-refractivity contribution in [2.75, 3.05) is 20.8 Å². The molecule has 0 saturated carbocycles. The maximum absolute atomic E-state index is 14.3. The first-order chi connectivity index (χ1) is 14.5. The Balaban J connectivity index is 1.66. The smallest absolute Gasteiger partial charge is 0.199 e. The van der Waals surface area contributed by atoms with E-state index in [1.54, 1.807) is 41.7 Å². The van der Waals surface area contributed by atoms with E-state index in [1.807, 2.05) is 25.2 Å². The van der Waals surface area contributed by atoms with Crippen LogP contribution >= 0.6 is 12.2 Å². The van der Waals surface area contributed by atoms with Crippen LogP contribution in [0.3, 0.4) is 0 Å². The largest absolute Gasteiger partial charge is 0.497 e. The van der Waals surface area contributed by atoms with Gasteiger partial charge < -0.3 is 14.0 Å². The fraction of sp³-hybridized carbons (Fsp3) is 0.364. The van der Waals surface area contributed by atoms with Crippen LogP contribution in [0.2, 0.25) is 0 Å². The summed E-state index contributed by atoms with van der Waals surface area (Å²) in [5.41, 5.74) is 1.53. The van der Waals surface area contributed by atoms with Gasteiger partial charge in [-0.1, -0.05) is 12.1 Å². The summed E-state index contributed by atoms with van der Waals surface area (Å²) >= 11 is 5.61. The third-order valence-corrected chi connectivity index (χ3v) is 6.12. The summed E-state index contributed by atoms with van der Waals surface area (Å²) < 4.78 is 29.4. The van der Waals surface area contributed by atoms with Crippen LogP contribution in [-0.4, -0.2) is 40.0 Å². The van der Waals surface area contributed by atoms with Gasteiger partial charge in [-0.15, -0.1) is 0 Å². The van der Waals surface area contributed by atoms with Crippen LogP contribution in [0.15, 0.2) is 42.5 Å². The quantitative estimate of drug-likeness (QED) is 0.538. The van der Waals surface area contributed by atoms with E-state index in [9.17, 15) is 4.39 Å². The number of nitrogens with zero attached hydrogens (tertiary/aromatic N) is 4. The zero-order chi connectivity index (χ0) is 21.3. The molecule has 0 aliphatic carbocycles. The van der Waals surface area contributed by atoms with Crippen LogP contribution in [0.1, 0.15) is 24.4 Å². The first kappa shape index (κ1) is 20.6. The molecule has 2 heterocycles. The van der Waals surface area contributed by atoms with Crippen molar-refractivity contribution in [3.8, 4) is 22.9 Å². The van der Waals surface area contributed by atoms with Crippen LogP contribution in [0.5, 0.6) is 11.5 Å². The van der Waals surface area contributed by atoms with Gasteiger partial charge in [0.2, 0.25) is 0 Å². The van der Waals surface area contributed by atoms with Gasteiger partial charge in [-0.2, -0.15) is 5.10 Å². The Hall–Kier alpha value is -2.71. The fourth-order valence-electron chi connectivity index (χ4n) is 4.08. The van der Waals surface area contributed by atoms with Crippen molar-refractivity contribution in [3.05, 3.63) is 58.6 Å². The van der Waals surface area contributed by atoms with Gasteiger partial charge in [-0.3, -0.25) is 4.90 Å². The molecule has 158 valence electrons. The molecule has 2 aromatic carbocycles. The lowest BCUT2D eigenvalue weighted by Gasteiger charge is -2.26. The van der Waals surface area contributed by atoms with Crippen molar-refractivity contribution in [2.24, 2.45) is 7.05 Å². The molecular formula is C22H25FN4O2S. The summed E-state index contributed by atoms with van der Waals surface area (Å²) in [4.78, 5) is 2.32. The van der Waals surface area contributed by atoms with E-state index in [4.69, 9.17) is 21.7 Å². The Morgan fingerprint density at radius 1 is 1.17 bits per heavy atom. The van der Waals surface area contributed by atoms with E-state index in [-0.39, 0.29) is 11.9 Å². The highest BCUT2D eigenvalue weighted by atomic mass is 32.1. The first-order valence-electron chi connectivity index (χ1n) is 9.88. The maximum Gasteiger partial charge on any atom is 0.199 e. The number of ether oxygens (including phenoxy) is 2. The Morgan fingerprint density at radius 2 is 1.97 bits per heavy atom. The van der Waals surface area contributed by atoms with E-state index in [0.29, 0.717) is 22.8 Å². The minimum atomic E-state index is -0.312. The molecule has 1 aliphatic heterocycles. The van der Waals surface area contributed by atoms with Crippen molar-refractivity contribution in [1.29, 1.82) is 0 Å². The summed E-state index contributed by atoms with van der Waals surface area (Å²) in [6.07, 6.45) is 2.06. The zero-order valence-corrected chi connectivity index (χ0v) is 18.2. The van der Waals surface area contributed by atoms with Gasteiger partial charge >= 0.3 is 0 Å². The van der Waals surface area contributed by atoms with Crippen LogP contribution < -0.4 is 9.47 Å². The molecule has 1 aromatic heterocycles. The lowest BCUT2D eigenvalue weighted by atomic mass is 10.0. The van der Waals surface area contributed by atoms with Crippen molar-refractivity contribution in [1.82, 2.24) is 19.2 Å². The Bertz CT molecular complexity index is 1110. The molecule has 8 heteroatoms. The molecule has 0 unspecified atom stereocenters. The molecule has 1 atom stereocenters. The van der Waals surface area contributed by atoms with Crippen molar-refractivity contribution >= 4 is 12.2 Å². The van der Waals surface area contributed by atoms with Crippen molar-refractivity contribution in [3.63, 3.8) is 0 Å². The normalized spacial score (nSPS) is 16.7. The molecule has 30 heavy (non-hydrogen) atoms. The molecular weight excluding hydrogens is 403 g/mol. The lowest BCUT2D eigenvalue weighted by molar-refractivity contribution is 0.186. The molecule has 0 N–H and O–H groups in total. The van der Waals surface area contributed by atoms with E-state index >= 15 is 0 Å². The third-order valence-electron chi connectivity index (χ3n) is 5.63. The minimum Gasteiger partial charge on any atom is -0.497 e. The molecule has 1 saturated heterocycles. The van der Waals surface area contributed by atoms with Crippen molar-refractivity contribution in [2.45, 2.75) is 25.6 Å². The topological polar surface area (TPSA) is 44.5 Å². The summed E-state index contributed by atoms with van der Waals surface area (Å²) in [7, 11) is 5.16. The molecule has 1 aliphatic rings. The molecule has 0 bridgehead atoms. The number of benzene rings is 2. The molecule has 1 fully saturated rings. The fourth-order valence-corrected chi connectivity index (χ4v) is 4.26. The highest BCUT2D eigenvalue weighted by Gasteiger charge is 2.29. The number of hydrogen-bond donors (Lipinski definition) is 0. The van der Waals surface area contributed by atoms with Gasteiger partial charge in [0.25, 0.3) is 0 Å². The Labute approximate surface area is 180 Å². The summed E-state index contributed by atoms with van der Waals surface area (Å²) in [5.74, 6) is 1.85. The minimum absolute atomic E-state index is 0.163. The number of likely N-dealkylation sites (tertiary alicyclic amines) is 1. The standard InChI is InChI=1S/C22H25FN4O2S/c1-25-21(16-7-4-5-8-18(16)23)24-27(22(25)30)14-26-12-6-9-19(26)17-13-15(28-2)10-11-20(17)29-3/h4-5,7-8,10-11,13,19H,6,9,12,14H2,1-3H3/t19-/m1/s1. The van der Waals surface area contributed by atoms with E-state index in [1.165, 1.54) is 6.07 Å². The molecule has 0 radical (unpaired) electrons. The average molecular weight is 429 g/mol. The average Bonchev–Trinajstić information content (AvgIpc) is 3.34. The zero-order valence-electron chi connectivity index (χ0n) is 17.3. The number of methoxy groups -OCH3 is 2. The van der Waals surface area contributed by atoms with Gasteiger partial charge in [0.1, 0.15) is 17.3 Å². The molecule has 4 rings (SSSR count).